The zero-order chi connectivity index (χ0) is 26.9. The molecule has 1 amide bonds. The predicted molar refractivity (Wildman–Crippen MR) is 147 cm³/mol. The number of aryl methyl sites for hydroxylation is 2. The summed E-state index contributed by atoms with van der Waals surface area (Å²) >= 11 is 0. The van der Waals surface area contributed by atoms with Gasteiger partial charge in [-0.1, -0.05) is 66.2 Å². The number of carbonyl (C=O) groups excluding carboxylic acids is 1. The second kappa shape index (κ2) is 10.1. The Labute approximate surface area is 220 Å². The molecule has 0 radical (unpaired) electrons. The molecule has 8 heteroatoms. The van der Waals surface area contributed by atoms with E-state index in [4.69, 9.17) is 5.11 Å². The second-order valence-corrected chi connectivity index (χ2v) is 10.8. The molecular weight excluding hydrogens is 500 g/mol. The van der Waals surface area contributed by atoms with Gasteiger partial charge in [0.1, 0.15) is 0 Å². The molecule has 0 aliphatic rings. The number of anilines is 1. The third-order valence-corrected chi connectivity index (χ3v) is 8.07. The van der Waals surface area contributed by atoms with Gasteiger partial charge in [-0.3, -0.25) is 9.59 Å². The van der Waals surface area contributed by atoms with Crippen molar-refractivity contribution in [1.82, 2.24) is 4.98 Å². The fourth-order valence-electron chi connectivity index (χ4n) is 4.40. The van der Waals surface area contributed by atoms with E-state index in [1.807, 2.05) is 19.1 Å². The topological polar surface area (TPSA) is 105 Å². The third-order valence-electron chi connectivity index (χ3n) is 6.34. The Balaban J connectivity index is 1.72. The lowest BCUT2D eigenvalue weighted by Gasteiger charge is -2.24. The number of hydrogen-bond donors (Lipinski definition) is 1. The zero-order valence-electron chi connectivity index (χ0n) is 20.5. The minimum atomic E-state index is -4.32. The Bertz CT molecular complexity index is 1730. The van der Waals surface area contributed by atoms with Gasteiger partial charge in [-0.25, -0.2) is 13.4 Å². The number of aromatic nitrogens is 1. The van der Waals surface area contributed by atoms with Crippen LogP contribution in [0.2, 0.25) is 0 Å². The number of para-hydroxylation sites is 2. The van der Waals surface area contributed by atoms with Crippen LogP contribution in [0, 0.1) is 6.92 Å². The highest BCUT2D eigenvalue weighted by Crippen LogP contribution is 2.32. The van der Waals surface area contributed by atoms with Crippen LogP contribution in [0.3, 0.4) is 0 Å². The monoisotopic (exact) mass is 524 g/mol. The first-order chi connectivity index (χ1) is 18.3. The van der Waals surface area contributed by atoms with Crippen molar-refractivity contribution in [2.75, 3.05) is 4.31 Å². The lowest BCUT2D eigenvalue weighted by Crippen LogP contribution is -2.37. The van der Waals surface area contributed by atoms with Gasteiger partial charge in [0, 0.05) is 17.2 Å². The first kappa shape index (κ1) is 25.1. The minimum Gasteiger partial charge on any atom is -0.481 e. The van der Waals surface area contributed by atoms with E-state index in [2.05, 4.69) is 4.98 Å². The number of pyridine rings is 1. The molecule has 0 spiro atoms. The summed E-state index contributed by atoms with van der Waals surface area (Å²) in [6.45, 7) is 1.85. The van der Waals surface area contributed by atoms with E-state index in [0.717, 1.165) is 15.4 Å². The molecule has 190 valence electrons. The Hall–Kier alpha value is -4.56. The lowest BCUT2D eigenvalue weighted by molar-refractivity contribution is -0.136. The first-order valence-electron chi connectivity index (χ1n) is 12.0. The van der Waals surface area contributed by atoms with Crippen molar-refractivity contribution in [3.05, 3.63) is 114 Å². The minimum absolute atomic E-state index is 0.0194. The quantitative estimate of drug-likeness (QED) is 0.272. The molecule has 0 atom stereocenters. The molecule has 0 aliphatic heterocycles. The number of benzene rings is 4. The molecule has 0 saturated heterocycles. The molecule has 0 aliphatic carbocycles. The maximum atomic E-state index is 14.4. The van der Waals surface area contributed by atoms with Gasteiger partial charge in [-0.05, 0) is 55.3 Å². The molecule has 38 heavy (non-hydrogen) atoms. The van der Waals surface area contributed by atoms with Crippen molar-refractivity contribution >= 4 is 49.4 Å². The molecule has 5 rings (SSSR count). The molecule has 0 saturated carbocycles. The SMILES string of the molecule is Cc1ccc(S(=O)(=O)N(C(=O)c2c3ccccc3nc3ccccc23)c2ccc(CCC(=O)O)cc2)cc1. The van der Waals surface area contributed by atoms with Crippen LogP contribution in [-0.2, 0) is 21.2 Å². The van der Waals surface area contributed by atoms with Crippen LogP contribution < -0.4 is 4.31 Å². The van der Waals surface area contributed by atoms with E-state index in [0.29, 0.717) is 21.8 Å². The van der Waals surface area contributed by atoms with Crippen molar-refractivity contribution < 1.29 is 23.1 Å². The van der Waals surface area contributed by atoms with Gasteiger partial charge in [0.05, 0.1) is 27.2 Å². The van der Waals surface area contributed by atoms with Crippen LogP contribution >= 0.6 is 0 Å². The Morgan fingerprint density at radius 1 is 0.789 bits per heavy atom. The summed E-state index contributed by atoms with van der Waals surface area (Å²) in [6, 6.07) is 27.0. The average Bonchev–Trinajstić information content (AvgIpc) is 2.91. The fourth-order valence-corrected chi connectivity index (χ4v) is 5.80. The van der Waals surface area contributed by atoms with Crippen LogP contribution in [0.5, 0.6) is 0 Å². The summed E-state index contributed by atoms with van der Waals surface area (Å²) in [5.41, 5.74) is 3.14. The number of nitrogens with zero attached hydrogens (tertiary/aromatic N) is 2. The largest absolute Gasteiger partial charge is 0.481 e. The van der Waals surface area contributed by atoms with E-state index in [-0.39, 0.29) is 29.0 Å². The smallest absolute Gasteiger partial charge is 0.303 e. The highest BCUT2D eigenvalue weighted by atomic mass is 32.2. The van der Waals surface area contributed by atoms with Crippen LogP contribution in [0.15, 0.2) is 102 Å². The predicted octanol–water partition coefficient (Wildman–Crippen LogP) is 5.75. The molecule has 1 aromatic heterocycles. The Kier molecular flexibility index (Phi) is 6.65. The summed E-state index contributed by atoms with van der Waals surface area (Å²) in [5, 5.41) is 10.1. The maximum Gasteiger partial charge on any atom is 0.303 e. The van der Waals surface area contributed by atoms with Crippen LogP contribution in [0.4, 0.5) is 5.69 Å². The summed E-state index contributed by atoms with van der Waals surface area (Å²) in [5.74, 6) is -1.64. The highest BCUT2D eigenvalue weighted by Gasteiger charge is 2.34. The van der Waals surface area contributed by atoms with Crippen molar-refractivity contribution in [1.29, 1.82) is 0 Å². The lowest BCUT2D eigenvalue weighted by atomic mass is 10.0. The number of sulfonamides is 1. The standard InChI is InChI=1S/C30H24N2O5S/c1-20-10-17-23(18-11-20)38(36,37)32(22-15-12-21(13-16-22)14-19-28(33)34)30(35)29-24-6-2-4-8-26(24)31-27-9-5-3-7-25(27)29/h2-13,15-18H,14,19H2,1H3,(H,33,34). The fraction of sp³-hybridized carbons (Fsp3) is 0.100. The molecule has 0 unspecified atom stereocenters. The zero-order valence-corrected chi connectivity index (χ0v) is 21.4. The second-order valence-electron chi connectivity index (χ2n) is 8.97. The summed E-state index contributed by atoms with van der Waals surface area (Å²) in [7, 11) is -4.32. The van der Waals surface area contributed by atoms with Gasteiger partial charge in [0.25, 0.3) is 15.9 Å². The Morgan fingerprint density at radius 2 is 1.34 bits per heavy atom. The normalized spacial score (nSPS) is 11.5. The van der Waals surface area contributed by atoms with E-state index in [1.165, 1.54) is 24.3 Å². The van der Waals surface area contributed by atoms with Gasteiger partial charge in [-0.15, -0.1) is 0 Å². The first-order valence-corrected chi connectivity index (χ1v) is 13.4. The number of carboxylic acid groups (broad SMARTS) is 1. The van der Waals surface area contributed by atoms with E-state index < -0.39 is 21.9 Å². The summed E-state index contributed by atoms with van der Waals surface area (Å²) < 4.78 is 28.9. The van der Waals surface area contributed by atoms with Gasteiger partial charge in [0.2, 0.25) is 0 Å². The summed E-state index contributed by atoms with van der Waals surface area (Å²) in [6.07, 6.45) is 0.229. The Morgan fingerprint density at radius 3 is 1.89 bits per heavy atom. The molecular formula is C30H24N2O5S. The molecule has 4 aromatic carbocycles. The van der Waals surface area contributed by atoms with Gasteiger partial charge >= 0.3 is 5.97 Å². The molecule has 0 bridgehead atoms. The van der Waals surface area contributed by atoms with Gasteiger partial charge < -0.3 is 5.11 Å². The van der Waals surface area contributed by atoms with Crippen LogP contribution in [0.25, 0.3) is 21.8 Å². The average molecular weight is 525 g/mol. The molecule has 0 fully saturated rings. The number of hydrogen-bond acceptors (Lipinski definition) is 5. The van der Waals surface area contributed by atoms with Crippen molar-refractivity contribution in [2.24, 2.45) is 0 Å². The summed E-state index contributed by atoms with van der Waals surface area (Å²) in [4.78, 5) is 30.0. The molecule has 1 heterocycles. The van der Waals surface area contributed by atoms with E-state index in [1.54, 1.807) is 60.7 Å². The van der Waals surface area contributed by atoms with Crippen LogP contribution in [-0.4, -0.2) is 30.4 Å². The van der Waals surface area contributed by atoms with Crippen molar-refractivity contribution in [3.63, 3.8) is 0 Å². The van der Waals surface area contributed by atoms with E-state index in [9.17, 15) is 18.0 Å². The number of aliphatic carboxylic acids is 1. The van der Waals surface area contributed by atoms with Crippen LogP contribution in [0.1, 0.15) is 27.9 Å². The maximum absolute atomic E-state index is 14.4. The van der Waals surface area contributed by atoms with Gasteiger partial charge in [0.15, 0.2) is 0 Å². The van der Waals surface area contributed by atoms with Crippen molar-refractivity contribution in [2.45, 2.75) is 24.7 Å². The molecule has 1 N–H and O–H groups in total. The van der Waals surface area contributed by atoms with Gasteiger partial charge in [-0.2, -0.15) is 4.31 Å². The molecule has 7 nitrogen and oxygen atoms in total. The number of fused-ring (bicyclic) bond motifs is 2. The number of carboxylic acids is 1. The number of carbonyl (C=O) groups is 2. The highest BCUT2D eigenvalue weighted by molar-refractivity contribution is 7.93. The van der Waals surface area contributed by atoms with Crippen molar-refractivity contribution in [3.8, 4) is 0 Å². The third kappa shape index (κ3) is 4.73. The number of rotatable bonds is 7. The number of amides is 1. The molecule has 5 aromatic rings. The van der Waals surface area contributed by atoms with E-state index >= 15 is 0 Å².